The molecule has 3 N–H and O–H groups in total. The van der Waals surface area contributed by atoms with Crippen LogP contribution in [0, 0.1) is 0 Å². The zero-order chi connectivity index (χ0) is 15.5. The molecule has 0 fully saturated rings. The third-order valence-corrected chi connectivity index (χ3v) is 3.04. The predicted molar refractivity (Wildman–Crippen MR) is 100.0 cm³/mol. The second-order valence-corrected chi connectivity index (χ2v) is 4.62. The lowest BCUT2D eigenvalue weighted by molar-refractivity contribution is -0.120. The SMILES string of the molecule is CN=C(NCC(=O)NCCOC)NCc1ccccc1Cl.I. The van der Waals surface area contributed by atoms with Crippen molar-refractivity contribution in [1.29, 1.82) is 0 Å². The van der Waals surface area contributed by atoms with E-state index >= 15 is 0 Å². The molecule has 0 aromatic heterocycles. The molecule has 1 aromatic rings. The molecule has 0 atom stereocenters. The topological polar surface area (TPSA) is 74.8 Å². The Morgan fingerprint density at radius 2 is 2.00 bits per heavy atom. The molecule has 0 unspecified atom stereocenters. The maximum Gasteiger partial charge on any atom is 0.239 e. The van der Waals surface area contributed by atoms with Gasteiger partial charge in [-0.2, -0.15) is 0 Å². The molecule has 0 bridgehead atoms. The number of nitrogens with one attached hydrogen (secondary N) is 3. The molecule has 0 heterocycles. The van der Waals surface area contributed by atoms with E-state index < -0.39 is 0 Å². The number of ether oxygens (including phenoxy) is 1. The predicted octanol–water partition coefficient (Wildman–Crippen LogP) is 1.39. The molecule has 1 aromatic carbocycles. The monoisotopic (exact) mass is 440 g/mol. The Morgan fingerprint density at radius 1 is 1.27 bits per heavy atom. The van der Waals surface area contributed by atoms with Crippen LogP contribution in [-0.2, 0) is 16.1 Å². The summed E-state index contributed by atoms with van der Waals surface area (Å²) in [5, 5.41) is 9.44. The highest BCUT2D eigenvalue weighted by Gasteiger charge is 2.04. The lowest BCUT2D eigenvalue weighted by Crippen LogP contribution is -2.43. The fourth-order valence-corrected chi connectivity index (χ4v) is 1.76. The van der Waals surface area contributed by atoms with Crippen molar-refractivity contribution in [2.24, 2.45) is 4.99 Å². The quantitative estimate of drug-likeness (QED) is 0.259. The molecule has 8 heteroatoms. The Kier molecular flexibility index (Phi) is 11.9. The average Bonchev–Trinajstić information content (AvgIpc) is 2.49. The van der Waals surface area contributed by atoms with Gasteiger partial charge in [0.05, 0.1) is 13.2 Å². The van der Waals surface area contributed by atoms with Crippen molar-refractivity contribution in [3.8, 4) is 0 Å². The van der Waals surface area contributed by atoms with E-state index in [9.17, 15) is 4.79 Å². The Balaban J connectivity index is 0.00000441. The van der Waals surface area contributed by atoms with Crippen molar-refractivity contribution in [2.75, 3.05) is 33.9 Å². The number of methoxy groups -OCH3 is 1. The van der Waals surface area contributed by atoms with Crippen LogP contribution in [0.3, 0.4) is 0 Å². The molecule has 1 amide bonds. The number of nitrogens with zero attached hydrogens (tertiary/aromatic N) is 1. The fourth-order valence-electron chi connectivity index (χ4n) is 1.56. The van der Waals surface area contributed by atoms with Crippen LogP contribution in [-0.4, -0.2) is 45.7 Å². The Bertz CT molecular complexity index is 486. The number of benzene rings is 1. The third-order valence-electron chi connectivity index (χ3n) is 2.67. The van der Waals surface area contributed by atoms with Crippen LogP contribution in [0.5, 0.6) is 0 Å². The number of rotatable bonds is 7. The van der Waals surface area contributed by atoms with Gasteiger partial charge in [0.1, 0.15) is 0 Å². The van der Waals surface area contributed by atoms with E-state index in [0.29, 0.717) is 30.7 Å². The molecule has 6 nitrogen and oxygen atoms in total. The normalized spacial score (nSPS) is 10.6. The van der Waals surface area contributed by atoms with Crippen LogP contribution < -0.4 is 16.0 Å². The summed E-state index contributed by atoms with van der Waals surface area (Å²) >= 11 is 6.07. The summed E-state index contributed by atoms with van der Waals surface area (Å²) in [6.07, 6.45) is 0. The van der Waals surface area contributed by atoms with Crippen molar-refractivity contribution in [3.63, 3.8) is 0 Å². The minimum absolute atomic E-state index is 0. The average molecular weight is 441 g/mol. The first-order chi connectivity index (χ1) is 10.2. The Morgan fingerprint density at radius 3 is 2.64 bits per heavy atom. The number of aliphatic imine (C=N–C) groups is 1. The van der Waals surface area contributed by atoms with E-state index in [2.05, 4.69) is 20.9 Å². The van der Waals surface area contributed by atoms with Crippen molar-refractivity contribution in [3.05, 3.63) is 34.9 Å². The molecular weight excluding hydrogens is 419 g/mol. The van der Waals surface area contributed by atoms with Crippen molar-refractivity contribution in [1.82, 2.24) is 16.0 Å². The summed E-state index contributed by atoms with van der Waals surface area (Å²) in [5.74, 6) is 0.421. The first-order valence-corrected chi connectivity index (χ1v) is 6.98. The van der Waals surface area contributed by atoms with Crippen molar-refractivity contribution >= 4 is 47.4 Å². The standard InChI is InChI=1S/C14H21ClN4O2.HI/c1-16-14(19-10-13(20)17-7-8-21-2)18-9-11-5-3-4-6-12(11)15;/h3-6H,7-10H2,1-2H3,(H,17,20)(H2,16,18,19);1H. The van der Waals surface area contributed by atoms with Gasteiger partial charge in [-0.25, -0.2) is 0 Å². The summed E-state index contributed by atoms with van der Waals surface area (Å²) < 4.78 is 4.85. The second kappa shape index (κ2) is 12.5. The van der Waals surface area contributed by atoms with Gasteiger partial charge >= 0.3 is 0 Å². The van der Waals surface area contributed by atoms with Gasteiger partial charge in [-0.05, 0) is 11.6 Å². The summed E-state index contributed by atoms with van der Waals surface area (Å²) in [5.41, 5.74) is 0.965. The number of halogens is 2. The minimum Gasteiger partial charge on any atom is -0.383 e. The fraction of sp³-hybridized carbons (Fsp3) is 0.429. The van der Waals surface area contributed by atoms with Gasteiger partial charge in [-0.1, -0.05) is 29.8 Å². The molecule has 124 valence electrons. The Labute approximate surface area is 153 Å². The lowest BCUT2D eigenvalue weighted by Gasteiger charge is -2.12. The van der Waals surface area contributed by atoms with Gasteiger partial charge in [0.15, 0.2) is 5.96 Å². The second-order valence-electron chi connectivity index (χ2n) is 4.21. The number of hydrogen-bond acceptors (Lipinski definition) is 3. The van der Waals surface area contributed by atoms with Gasteiger partial charge < -0.3 is 20.7 Å². The number of carbonyl (C=O) groups excluding carboxylic acids is 1. The minimum atomic E-state index is -0.118. The van der Waals surface area contributed by atoms with Gasteiger partial charge in [-0.3, -0.25) is 9.79 Å². The van der Waals surface area contributed by atoms with Gasteiger partial charge in [0, 0.05) is 32.3 Å². The van der Waals surface area contributed by atoms with Crippen molar-refractivity contribution in [2.45, 2.75) is 6.54 Å². The van der Waals surface area contributed by atoms with E-state index in [4.69, 9.17) is 16.3 Å². The van der Waals surface area contributed by atoms with E-state index in [-0.39, 0.29) is 36.4 Å². The van der Waals surface area contributed by atoms with Gasteiger partial charge in [0.25, 0.3) is 0 Å². The van der Waals surface area contributed by atoms with Crippen molar-refractivity contribution < 1.29 is 9.53 Å². The molecule has 1 rings (SSSR count). The third kappa shape index (κ3) is 8.40. The smallest absolute Gasteiger partial charge is 0.239 e. The number of hydrogen-bond donors (Lipinski definition) is 3. The first-order valence-electron chi connectivity index (χ1n) is 6.61. The highest BCUT2D eigenvalue weighted by atomic mass is 127. The maximum atomic E-state index is 11.5. The molecule has 0 aliphatic carbocycles. The summed E-state index contributed by atoms with van der Waals surface area (Å²) in [6, 6.07) is 7.56. The Hall–Kier alpha value is -1.06. The lowest BCUT2D eigenvalue weighted by atomic mass is 10.2. The maximum absolute atomic E-state index is 11.5. The first kappa shape index (κ1) is 20.9. The highest BCUT2D eigenvalue weighted by Crippen LogP contribution is 2.13. The number of carbonyl (C=O) groups is 1. The van der Waals surface area contributed by atoms with Crippen LogP contribution in [0.25, 0.3) is 0 Å². The van der Waals surface area contributed by atoms with E-state index in [1.165, 1.54) is 0 Å². The molecule has 0 aliphatic heterocycles. The molecule has 22 heavy (non-hydrogen) atoms. The van der Waals surface area contributed by atoms with Crippen LogP contribution in [0.15, 0.2) is 29.3 Å². The van der Waals surface area contributed by atoms with Crippen LogP contribution in [0.2, 0.25) is 5.02 Å². The molecule has 0 saturated heterocycles. The summed E-state index contributed by atoms with van der Waals surface area (Å²) in [6.45, 7) is 1.66. The van der Waals surface area contributed by atoms with Crippen LogP contribution in [0.1, 0.15) is 5.56 Å². The molecule has 0 aliphatic rings. The highest BCUT2D eigenvalue weighted by molar-refractivity contribution is 14.0. The zero-order valence-corrected chi connectivity index (χ0v) is 15.8. The molecule has 0 spiro atoms. The van der Waals surface area contributed by atoms with Crippen LogP contribution >= 0.6 is 35.6 Å². The van der Waals surface area contributed by atoms with E-state index in [0.717, 1.165) is 5.56 Å². The summed E-state index contributed by atoms with van der Waals surface area (Å²) in [7, 11) is 3.23. The van der Waals surface area contributed by atoms with Gasteiger partial charge in [-0.15, -0.1) is 24.0 Å². The number of amides is 1. The zero-order valence-electron chi connectivity index (χ0n) is 12.7. The largest absolute Gasteiger partial charge is 0.383 e. The molecule has 0 saturated carbocycles. The van der Waals surface area contributed by atoms with E-state index in [1.807, 2.05) is 24.3 Å². The number of guanidine groups is 1. The molecular formula is C14H22ClIN4O2. The van der Waals surface area contributed by atoms with Gasteiger partial charge in [0.2, 0.25) is 5.91 Å². The van der Waals surface area contributed by atoms with Crippen LogP contribution in [0.4, 0.5) is 0 Å². The molecule has 0 radical (unpaired) electrons. The summed E-state index contributed by atoms with van der Waals surface area (Å²) in [4.78, 5) is 15.6. The van der Waals surface area contributed by atoms with E-state index in [1.54, 1.807) is 14.2 Å².